The van der Waals surface area contributed by atoms with Crippen molar-refractivity contribution < 1.29 is 43.5 Å². The smallest absolute Gasteiger partial charge is 0.334 e. The zero-order chi connectivity index (χ0) is 9.26. The van der Waals surface area contributed by atoms with Gasteiger partial charge >= 0.3 is 5.97 Å². The molecule has 0 bridgehead atoms. The van der Waals surface area contributed by atoms with Gasteiger partial charge in [0.2, 0.25) is 0 Å². The number of hydrogen-bond donors (Lipinski definition) is 1. The van der Waals surface area contributed by atoms with E-state index in [4.69, 9.17) is 5.11 Å². The van der Waals surface area contributed by atoms with Gasteiger partial charge in [-0.15, -0.1) is 16.8 Å². The summed E-state index contributed by atoms with van der Waals surface area (Å²) in [5, 5.41) is 10.5. The van der Waals surface area contributed by atoms with Crippen molar-refractivity contribution in [2.45, 2.75) is 0 Å². The summed E-state index contributed by atoms with van der Waals surface area (Å²) < 4.78 is 0. The molecule has 2 radical (unpaired) electrons. The SMILES string of the molecule is O=C(O)c1cccc2c[c-]ccc12.[Co].[Co]. The fourth-order valence-electron chi connectivity index (χ4n) is 1.35. The van der Waals surface area contributed by atoms with Crippen LogP contribution in [-0.2, 0) is 33.6 Å². The van der Waals surface area contributed by atoms with E-state index in [1.807, 2.05) is 6.07 Å². The van der Waals surface area contributed by atoms with E-state index in [0.717, 1.165) is 10.8 Å². The van der Waals surface area contributed by atoms with Crippen molar-refractivity contribution in [1.29, 1.82) is 0 Å². The van der Waals surface area contributed by atoms with Crippen molar-refractivity contribution in [3.05, 3.63) is 48.0 Å². The van der Waals surface area contributed by atoms with E-state index < -0.39 is 5.97 Å². The van der Waals surface area contributed by atoms with Gasteiger partial charge in [-0.1, -0.05) is 12.1 Å². The Morgan fingerprint density at radius 3 is 2.60 bits per heavy atom. The van der Waals surface area contributed by atoms with Crippen LogP contribution in [0.5, 0.6) is 0 Å². The molecular weight excluding hydrogens is 282 g/mol. The average molecular weight is 289 g/mol. The maximum absolute atomic E-state index is 10.8. The molecule has 15 heavy (non-hydrogen) atoms. The Labute approximate surface area is 108 Å². The molecule has 0 aliphatic carbocycles. The second-order valence-electron chi connectivity index (χ2n) is 2.76. The van der Waals surface area contributed by atoms with E-state index in [2.05, 4.69) is 6.07 Å². The summed E-state index contributed by atoms with van der Waals surface area (Å²) >= 11 is 0. The van der Waals surface area contributed by atoms with Gasteiger partial charge in [-0.25, -0.2) is 4.79 Å². The summed E-state index contributed by atoms with van der Waals surface area (Å²) in [7, 11) is 0. The molecule has 2 aromatic carbocycles. The molecule has 0 aliphatic heterocycles. The number of rotatable bonds is 1. The maximum Gasteiger partial charge on any atom is 0.334 e. The van der Waals surface area contributed by atoms with Crippen LogP contribution in [-0.4, -0.2) is 11.1 Å². The van der Waals surface area contributed by atoms with E-state index in [1.165, 1.54) is 0 Å². The minimum Gasteiger partial charge on any atom is -0.478 e. The Balaban J connectivity index is 0.000000980. The van der Waals surface area contributed by atoms with Crippen LogP contribution in [0.4, 0.5) is 0 Å². The Bertz CT molecular complexity index is 464. The van der Waals surface area contributed by atoms with E-state index in [9.17, 15) is 4.79 Å². The Hall–Kier alpha value is -0.817. The fraction of sp³-hybridized carbons (Fsp3) is 0. The van der Waals surface area contributed by atoms with Crippen molar-refractivity contribution in [2.24, 2.45) is 0 Å². The number of benzene rings is 2. The van der Waals surface area contributed by atoms with Gasteiger partial charge < -0.3 is 5.11 Å². The minimum absolute atomic E-state index is 0. The largest absolute Gasteiger partial charge is 0.478 e. The minimum atomic E-state index is -0.892. The first kappa shape index (κ1) is 14.2. The molecule has 0 amide bonds. The molecule has 2 rings (SSSR count). The molecule has 0 aliphatic rings. The molecule has 82 valence electrons. The van der Waals surface area contributed by atoms with E-state index in [1.54, 1.807) is 30.3 Å². The van der Waals surface area contributed by atoms with Gasteiger partial charge in [0.05, 0.1) is 0 Å². The van der Waals surface area contributed by atoms with Gasteiger partial charge in [-0.2, -0.15) is 24.3 Å². The van der Waals surface area contributed by atoms with Crippen molar-refractivity contribution in [1.82, 2.24) is 0 Å². The molecule has 0 fully saturated rings. The topological polar surface area (TPSA) is 37.3 Å². The summed E-state index contributed by atoms with van der Waals surface area (Å²) in [6.45, 7) is 0. The van der Waals surface area contributed by atoms with E-state index in [0.29, 0.717) is 5.56 Å². The normalized spacial score (nSPS) is 8.80. The standard InChI is InChI=1S/C11H7O2.2Co/c12-11(13)10-7-3-5-8-4-1-2-6-9(8)10;;/h2-7H,(H,12,13);;/q-1;;. The van der Waals surface area contributed by atoms with Gasteiger partial charge in [-0.05, 0) is 0 Å². The second kappa shape index (κ2) is 5.92. The third kappa shape index (κ3) is 2.82. The van der Waals surface area contributed by atoms with Gasteiger partial charge in [0.25, 0.3) is 0 Å². The monoisotopic (exact) mass is 289 g/mol. The van der Waals surface area contributed by atoms with Crippen molar-refractivity contribution in [2.75, 3.05) is 0 Å². The average Bonchev–Trinajstić information content (AvgIpc) is 2.17. The molecule has 0 saturated carbocycles. The summed E-state index contributed by atoms with van der Waals surface area (Å²) in [5.41, 5.74) is 0.339. The van der Waals surface area contributed by atoms with Crippen LogP contribution in [0.2, 0.25) is 0 Å². The predicted octanol–water partition coefficient (Wildman–Crippen LogP) is 2.33. The van der Waals surface area contributed by atoms with Crippen LogP contribution in [0.1, 0.15) is 10.4 Å². The van der Waals surface area contributed by atoms with Crippen molar-refractivity contribution >= 4 is 16.7 Å². The van der Waals surface area contributed by atoms with Crippen LogP contribution in [0.15, 0.2) is 36.4 Å². The molecule has 0 heterocycles. The molecule has 2 aromatic rings. The molecule has 2 nitrogen and oxygen atoms in total. The number of carboxylic acid groups (broad SMARTS) is 1. The van der Waals surface area contributed by atoms with Crippen LogP contribution in [0.3, 0.4) is 0 Å². The van der Waals surface area contributed by atoms with Gasteiger partial charge in [0, 0.05) is 39.1 Å². The quantitative estimate of drug-likeness (QED) is 0.818. The van der Waals surface area contributed by atoms with Crippen molar-refractivity contribution in [3.8, 4) is 0 Å². The third-order valence-corrected chi connectivity index (χ3v) is 1.96. The summed E-state index contributed by atoms with van der Waals surface area (Å²) in [4.78, 5) is 10.8. The first-order valence-corrected chi connectivity index (χ1v) is 3.91. The molecule has 1 N–H and O–H groups in total. The Morgan fingerprint density at radius 1 is 1.20 bits per heavy atom. The first-order valence-electron chi connectivity index (χ1n) is 3.91. The van der Waals surface area contributed by atoms with Crippen LogP contribution < -0.4 is 0 Å². The summed E-state index contributed by atoms with van der Waals surface area (Å²) in [6.07, 6.45) is 0. The van der Waals surface area contributed by atoms with Crippen LogP contribution in [0, 0.1) is 6.07 Å². The molecule has 0 atom stereocenters. The number of carboxylic acids is 1. The van der Waals surface area contributed by atoms with Gasteiger partial charge in [-0.3, -0.25) is 0 Å². The Morgan fingerprint density at radius 2 is 1.93 bits per heavy atom. The molecule has 0 aromatic heterocycles. The maximum atomic E-state index is 10.8. The molecular formula is C11H7Co2O2-. The molecule has 0 saturated heterocycles. The fourth-order valence-corrected chi connectivity index (χ4v) is 1.35. The van der Waals surface area contributed by atoms with Crippen LogP contribution in [0.25, 0.3) is 10.8 Å². The Kier molecular flexibility index (Phi) is 5.60. The predicted molar refractivity (Wildman–Crippen MR) is 49.7 cm³/mol. The first-order chi connectivity index (χ1) is 6.29. The third-order valence-electron chi connectivity index (χ3n) is 1.96. The number of carbonyl (C=O) groups is 1. The van der Waals surface area contributed by atoms with Crippen LogP contribution >= 0.6 is 0 Å². The summed E-state index contributed by atoms with van der Waals surface area (Å²) in [5.74, 6) is -0.892. The summed E-state index contributed by atoms with van der Waals surface area (Å²) in [6, 6.07) is 13.4. The molecule has 0 unspecified atom stereocenters. The van der Waals surface area contributed by atoms with E-state index in [-0.39, 0.29) is 33.6 Å². The van der Waals surface area contributed by atoms with E-state index >= 15 is 0 Å². The second-order valence-corrected chi connectivity index (χ2v) is 2.76. The molecule has 0 spiro atoms. The van der Waals surface area contributed by atoms with Crippen molar-refractivity contribution in [3.63, 3.8) is 0 Å². The number of aromatic carboxylic acids is 1. The molecule has 4 heteroatoms. The zero-order valence-corrected chi connectivity index (χ0v) is 9.57. The van der Waals surface area contributed by atoms with Gasteiger partial charge in [0.15, 0.2) is 0 Å². The number of hydrogen-bond acceptors (Lipinski definition) is 1. The zero-order valence-electron chi connectivity index (χ0n) is 7.49. The van der Waals surface area contributed by atoms with Gasteiger partial charge in [0.1, 0.15) is 0 Å². The number of fused-ring (bicyclic) bond motifs is 1.